The van der Waals surface area contributed by atoms with Crippen LogP contribution in [0.4, 0.5) is 22.0 Å². The van der Waals surface area contributed by atoms with Gasteiger partial charge in [0.15, 0.2) is 0 Å². The van der Waals surface area contributed by atoms with Gasteiger partial charge in [-0.2, -0.15) is 37.4 Å². The predicted octanol–water partition coefficient (Wildman–Crippen LogP) is 5.40. The third kappa shape index (κ3) is 4.67. The highest BCUT2D eigenvalue weighted by Gasteiger charge is 2.53. The molecule has 0 unspecified atom stereocenters. The number of nitrogens with one attached hydrogen (secondary N) is 1. The maximum Gasteiger partial charge on any atom is 0.400 e. The second-order valence-electron chi connectivity index (χ2n) is 6.10. The number of rotatable bonds is 7. The molecule has 0 saturated carbocycles. The van der Waals surface area contributed by atoms with E-state index in [1.807, 2.05) is 0 Å². The summed E-state index contributed by atoms with van der Waals surface area (Å²) < 4.78 is 82.2. The van der Waals surface area contributed by atoms with Crippen LogP contribution in [0.5, 0.6) is 5.75 Å². The first-order valence-corrected chi connectivity index (χ1v) is 11.3. The fraction of sp³-hybridized carbons (Fsp3) is 0.333. The Morgan fingerprint density at radius 3 is 2.50 bits per heavy atom. The van der Waals surface area contributed by atoms with Crippen molar-refractivity contribution in [3.05, 3.63) is 27.7 Å². The number of aromatic amines is 1. The zero-order valence-corrected chi connectivity index (χ0v) is 17.9. The normalized spacial score (nSPS) is 13.2. The van der Waals surface area contributed by atoms with Gasteiger partial charge in [-0.3, -0.25) is 4.57 Å². The molecule has 0 radical (unpaired) electrons. The van der Waals surface area contributed by atoms with E-state index < -0.39 is 30.7 Å². The average Bonchev–Trinajstić information content (AvgIpc) is 3.25. The van der Waals surface area contributed by atoms with Crippen LogP contribution in [-0.4, -0.2) is 38.0 Å². The second kappa shape index (κ2) is 8.15. The van der Waals surface area contributed by atoms with Crippen LogP contribution in [0.25, 0.3) is 21.3 Å². The van der Waals surface area contributed by atoms with E-state index in [-0.39, 0.29) is 33.3 Å². The molecular weight excluding hydrogens is 524 g/mol. The van der Waals surface area contributed by atoms with Crippen LogP contribution in [-0.2, 0) is 10.2 Å². The van der Waals surface area contributed by atoms with E-state index in [1.54, 1.807) is 0 Å². The molecule has 7 nitrogen and oxygen atoms in total. The number of hydrogen-bond acceptors (Lipinski definition) is 5. The Labute approximate surface area is 177 Å². The average molecular weight is 536 g/mol. The van der Waals surface area contributed by atoms with Crippen molar-refractivity contribution in [2.45, 2.75) is 24.7 Å². The summed E-state index contributed by atoms with van der Waals surface area (Å²) in [4.78, 5) is 17.2. The van der Waals surface area contributed by atoms with Gasteiger partial charge in [0.25, 0.3) is 0 Å². The molecule has 0 aliphatic carbocycles. The van der Waals surface area contributed by atoms with Gasteiger partial charge in [0, 0.05) is 21.8 Å². The number of H-pyrrole nitrogens is 1. The summed E-state index contributed by atoms with van der Waals surface area (Å²) in [6.07, 6.45) is -4.49. The third-order valence-corrected chi connectivity index (χ3v) is 7.39. The summed E-state index contributed by atoms with van der Waals surface area (Å²) in [7, 11) is -5.84. The zero-order valence-electron chi connectivity index (χ0n) is 14.6. The summed E-state index contributed by atoms with van der Waals surface area (Å²) >= 11 is 3.33. The number of fused-ring (bicyclic) bond motifs is 1. The predicted molar refractivity (Wildman–Crippen MR) is 102 cm³/mol. The second-order valence-corrected chi connectivity index (χ2v) is 9.57. The lowest BCUT2D eigenvalue weighted by Gasteiger charge is -2.16. The molecule has 2 heterocycles. The molecule has 2 aromatic heterocycles. The zero-order chi connectivity index (χ0) is 22.3. The number of alkyl halides is 5. The van der Waals surface area contributed by atoms with Crippen molar-refractivity contribution < 1.29 is 41.0 Å². The highest BCUT2D eigenvalue weighted by molar-refractivity contribution is 9.10. The molecule has 0 aliphatic rings. The van der Waals surface area contributed by atoms with Gasteiger partial charge in [-0.25, -0.2) is 0 Å². The van der Waals surface area contributed by atoms with Gasteiger partial charge in [-0.05, 0) is 34.5 Å². The molecule has 30 heavy (non-hydrogen) atoms. The lowest BCUT2D eigenvalue weighted by atomic mass is 10.1. The summed E-state index contributed by atoms with van der Waals surface area (Å²) in [5.74, 6) is -0.0221. The van der Waals surface area contributed by atoms with Crippen LogP contribution in [0.1, 0.15) is 17.7 Å². The molecule has 0 spiro atoms. The van der Waals surface area contributed by atoms with Crippen molar-refractivity contribution in [1.82, 2.24) is 15.4 Å². The van der Waals surface area contributed by atoms with Gasteiger partial charge in [0.1, 0.15) is 16.3 Å². The first-order chi connectivity index (χ1) is 13.8. The minimum atomic E-state index is -5.84. The topological polar surface area (TPSA) is 108 Å². The summed E-state index contributed by atoms with van der Waals surface area (Å²) in [6.45, 7) is -0.351. The van der Waals surface area contributed by atoms with Crippen molar-refractivity contribution in [2.75, 3.05) is 6.61 Å². The minimum absolute atomic E-state index is 0.0221. The van der Waals surface area contributed by atoms with Gasteiger partial charge in [-0.15, -0.1) is 11.3 Å². The number of benzene rings is 1. The Balaban J connectivity index is 2.08. The number of thiophene rings is 1. The Kier molecular flexibility index (Phi) is 6.27. The third-order valence-electron chi connectivity index (χ3n) is 3.91. The quantitative estimate of drug-likeness (QED) is 0.212. The molecule has 3 N–H and O–H groups in total. The SMILES string of the molecule is O=P(O)(O)C(F)(F)c1sc2c(OCCCC(F)(F)F)cc(-c3cn[nH]n3)cc2c1Br. The number of halogens is 6. The van der Waals surface area contributed by atoms with E-state index in [0.717, 1.165) is 0 Å². The standard InChI is InChI=1S/C15H12BrF5N3O4PS/c16-11-8-4-7(9-6-22-24-23-9)5-10(28-3-1-2-14(17,18)19)12(8)30-13(11)15(20,21)29(25,26)27/h4-6H,1-3H2,(H,22,23,24)(H2,25,26,27). The molecule has 0 aliphatic heterocycles. The molecule has 3 rings (SSSR count). The highest BCUT2D eigenvalue weighted by atomic mass is 79.9. The maximum absolute atomic E-state index is 14.3. The van der Waals surface area contributed by atoms with Crippen molar-refractivity contribution >= 4 is 44.9 Å². The Bertz CT molecular complexity index is 1100. The highest BCUT2D eigenvalue weighted by Crippen LogP contribution is 2.63. The molecule has 0 bridgehead atoms. The Morgan fingerprint density at radius 1 is 1.23 bits per heavy atom. The van der Waals surface area contributed by atoms with Crippen molar-refractivity contribution in [3.8, 4) is 17.0 Å². The van der Waals surface area contributed by atoms with Crippen LogP contribution in [0.3, 0.4) is 0 Å². The van der Waals surface area contributed by atoms with E-state index in [9.17, 15) is 26.5 Å². The Hall–Kier alpha value is -1.60. The molecule has 0 amide bonds. The number of hydrogen-bond donors (Lipinski definition) is 3. The van der Waals surface area contributed by atoms with Gasteiger partial charge in [0.2, 0.25) is 0 Å². The van der Waals surface area contributed by atoms with E-state index in [2.05, 4.69) is 31.3 Å². The molecular formula is C15H12BrF5N3O4PS. The van der Waals surface area contributed by atoms with Crippen molar-refractivity contribution in [1.29, 1.82) is 0 Å². The van der Waals surface area contributed by atoms with Gasteiger partial charge < -0.3 is 14.5 Å². The van der Waals surface area contributed by atoms with E-state index in [0.29, 0.717) is 22.6 Å². The van der Waals surface area contributed by atoms with Gasteiger partial charge in [-0.1, -0.05) is 0 Å². The lowest BCUT2D eigenvalue weighted by molar-refractivity contribution is -0.136. The maximum atomic E-state index is 14.3. The first kappa shape index (κ1) is 23.1. The number of aromatic nitrogens is 3. The molecule has 3 aromatic rings. The fourth-order valence-corrected chi connectivity index (χ4v) is 5.49. The van der Waals surface area contributed by atoms with Gasteiger partial charge >= 0.3 is 19.4 Å². The van der Waals surface area contributed by atoms with Crippen LogP contribution in [0, 0.1) is 0 Å². The first-order valence-electron chi connectivity index (χ1n) is 8.07. The Morgan fingerprint density at radius 2 is 1.93 bits per heavy atom. The summed E-state index contributed by atoms with van der Waals surface area (Å²) in [6, 6.07) is 2.81. The van der Waals surface area contributed by atoms with E-state index in [1.165, 1.54) is 18.3 Å². The number of ether oxygens (including phenoxy) is 1. The van der Waals surface area contributed by atoms with Crippen LogP contribution in [0.2, 0.25) is 0 Å². The fourth-order valence-electron chi connectivity index (χ4n) is 2.52. The van der Waals surface area contributed by atoms with Crippen LogP contribution < -0.4 is 4.74 Å². The minimum Gasteiger partial charge on any atom is -0.492 e. The van der Waals surface area contributed by atoms with Crippen LogP contribution in [0.15, 0.2) is 22.8 Å². The molecule has 0 saturated heterocycles. The summed E-state index contributed by atoms with van der Waals surface area (Å²) in [5, 5.41) is 10.0. The largest absolute Gasteiger partial charge is 0.492 e. The lowest BCUT2D eigenvalue weighted by Crippen LogP contribution is -2.12. The molecule has 0 atom stereocenters. The molecule has 15 heteroatoms. The number of nitrogens with zero attached hydrogens (tertiary/aromatic N) is 2. The smallest absolute Gasteiger partial charge is 0.400 e. The molecule has 0 fully saturated rings. The molecule has 164 valence electrons. The van der Waals surface area contributed by atoms with Crippen molar-refractivity contribution in [3.63, 3.8) is 0 Å². The molecule has 1 aromatic carbocycles. The van der Waals surface area contributed by atoms with E-state index in [4.69, 9.17) is 14.5 Å². The van der Waals surface area contributed by atoms with Crippen molar-refractivity contribution in [2.24, 2.45) is 0 Å². The van der Waals surface area contributed by atoms with Crippen LogP contribution >= 0.6 is 34.9 Å². The summed E-state index contributed by atoms with van der Waals surface area (Å²) in [5.41, 5.74) is -3.82. The van der Waals surface area contributed by atoms with Gasteiger partial charge in [0.05, 0.1) is 17.5 Å². The van der Waals surface area contributed by atoms with E-state index >= 15 is 0 Å². The monoisotopic (exact) mass is 535 g/mol.